The number of hydrogen-bond acceptors (Lipinski definition) is 4. The Balaban J connectivity index is 0.00000225. The predicted octanol–water partition coefficient (Wildman–Crippen LogP) is 2.07. The van der Waals surface area contributed by atoms with Gasteiger partial charge in [-0.1, -0.05) is 0 Å². The lowest BCUT2D eigenvalue weighted by molar-refractivity contribution is 0.280. The molecule has 2 saturated heterocycles. The van der Waals surface area contributed by atoms with Crippen LogP contribution in [0.25, 0.3) is 0 Å². The molecular weight excluding hydrogens is 429 g/mol. The lowest BCUT2D eigenvalue weighted by Crippen LogP contribution is -2.42. The van der Waals surface area contributed by atoms with Crippen molar-refractivity contribution in [2.45, 2.75) is 19.3 Å². The van der Waals surface area contributed by atoms with Gasteiger partial charge in [0.25, 0.3) is 0 Å². The number of ether oxygens (including phenoxy) is 1. The van der Waals surface area contributed by atoms with Gasteiger partial charge in [-0.05, 0) is 50.4 Å². The van der Waals surface area contributed by atoms with Crippen LogP contribution in [0.3, 0.4) is 0 Å². The minimum atomic E-state index is 0. The largest absolute Gasteiger partial charge is 0.490 e. The molecule has 0 spiro atoms. The molecule has 0 radical (unpaired) electrons. The van der Waals surface area contributed by atoms with Crippen LogP contribution in [-0.2, 0) is 0 Å². The molecule has 0 aliphatic carbocycles. The molecule has 1 aromatic rings. The van der Waals surface area contributed by atoms with E-state index in [0.717, 1.165) is 37.3 Å². The number of halogens is 1. The van der Waals surface area contributed by atoms with Gasteiger partial charge in [0.15, 0.2) is 5.96 Å². The highest BCUT2D eigenvalue weighted by Crippen LogP contribution is 2.19. The molecular formula is C18H30IN5O. The molecule has 1 atom stereocenters. The second-order valence-electron chi connectivity index (χ2n) is 6.62. The molecule has 140 valence electrons. The summed E-state index contributed by atoms with van der Waals surface area (Å²) in [5.74, 6) is 2.57. The molecule has 1 unspecified atom stereocenters. The first-order valence-corrected chi connectivity index (χ1v) is 9.06. The van der Waals surface area contributed by atoms with E-state index >= 15 is 0 Å². The molecule has 2 aliphatic rings. The van der Waals surface area contributed by atoms with E-state index in [1.807, 2.05) is 19.2 Å². The molecule has 2 fully saturated rings. The number of hydrogen-bond donors (Lipinski definition) is 1. The summed E-state index contributed by atoms with van der Waals surface area (Å²) in [4.78, 5) is 13.5. The zero-order valence-electron chi connectivity index (χ0n) is 15.1. The van der Waals surface area contributed by atoms with Gasteiger partial charge < -0.3 is 19.9 Å². The van der Waals surface area contributed by atoms with E-state index in [1.165, 1.54) is 38.9 Å². The zero-order valence-corrected chi connectivity index (χ0v) is 17.4. The number of rotatable bonds is 6. The smallest absolute Gasteiger partial charge is 0.193 e. The molecule has 7 heteroatoms. The fraction of sp³-hybridized carbons (Fsp3) is 0.667. The summed E-state index contributed by atoms with van der Waals surface area (Å²) < 4.78 is 5.67. The second-order valence-corrected chi connectivity index (χ2v) is 6.62. The summed E-state index contributed by atoms with van der Waals surface area (Å²) in [5.41, 5.74) is 0. The number of nitrogens with zero attached hydrogens (tertiary/aromatic N) is 4. The molecule has 0 amide bonds. The molecule has 1 N–H and O–H groups in total. The van der Waals surface area contributed by atoms with E-state index in [0.29, 0.717) is 6.61 Å². The molecule has 6 nitrogen and oxygen atoms in total. The van der Waals surface area contributed by atoms with Crippen LogP contribution in [0.15, 0.2) is 29.5 Å². The maximum atomic E-state index is 5.67. The number of likely N-dealkylation sites (tertiary alicyclic amines) is 2. The van der Waals surface area contributed by atoms with E-state index in [1.54, 1.807) is 12.4 Å². The Morgan fingerprint density at radius 1 is 1.36 bits per heavy atom. The van der Waals surface area contributed by atoms with Crippen LogP contribution < -0.4 is 10.1 Å². The molecule has 25 heavy (non-hydrogen) atoms. The first-order chi connectivity index (χ1) is 11.8. The maximum Gasteiger partial charge on any atom is 0.193 e. The number of guanidine groups is 1. The molecule has 3 heterocycles. The monoisotopic (exact) mass is 459 g/mol. The van der Waals surface area contributed by atoms with Crippen LogP contribution in [0, 0.1) is 5.92 Å². The topological polar surface area (TPSA) is 53.0 Å². The summed E-state index contributed by atoms with van der Waals surface area (Å²) in [6.45, 7) is 7.38. The van der Waals surface area contributed by atoms with Crippen molar-refractivity contribution in [1.82, 2.24) is 20.1 Å². The van der Waals surface area contributed by atoms with E-state index in [-0.39, 0.29) is 24.0 Å². The van der Waals surface area contributed by atoms with Crippen molar-refractivity contribution in [3.05, 3.63) is 24.5 Å². The molecule has 0 bridgehead atoms. The molecule has 0 saturated carbocycles. The van der Waals surface area contributed by atoms with Crippen molar-refractivity contribution < 1.29 is 4.74 Å². The first-order valence-electron chi connectivity index (χ1n) is 9.06. The van der Waals surface area contributed by atoms with Gasteiger partial charge in [-0.3, -0.25) is 9.98 Å². The van der Waals surface area contributed by atoms with E-state index < -0.39 is 0 Å². The lowest BCUT2D eigenvalue weighted by Gasteiger charge is -2.23. The Morgan fingerprint density at radius 3 is 2.92 bits per heavy atom. The maximum absolute atomic E-state index is 5.67. The van der Waals surface area contributed by atoms with Gasteiger partial charge in [0.2, 0.25) is 0 Å². The van der Waals surface area contributed by atoms with E-state index in [2.05, 4.69) is 25.1 Å². The molecule has 2 aliphatic heterocycles. The summed E-state index contributed by atoms with van der Waals surface area (Å²) in [5, 5.41) is 3.41. The lowest BCUT2D eigenvalue weighted by atomic mass is 10.1. The van der Waals surface area contributed by atoms with E-state index in [9.17, 15) is 0 Å². The quantitative estimate of drug-likeness (QED) is 0.306. The number of pyridine rings is 1. The first kappa shape index (κ1) is 20.2. The van der Waals surface area contributed by atoms with Gasteiger partial charge in [0, 0.05) is 32.9 Å². The van der Waals surface area contributed by atoms with Crippen LogP contribution in [0.2, 0.25) is 0 Å². The fourth-order valence-corrected chi connectivity index (χ4v) is 3.60. The van der Waals surface area contributed by atoms with Gasteiger partial charge in [-0.15, -0.1) is 24.0 Å². The zero-order chi connectivity index (χ0) is 16.6. The second kappa shape index (κ2) is 10.8. The summed E-state index contributed by atoms with van der Waals surface area (Å²) in [7, 11) is 1.86. The number of aromatic nitrogens is 1. The Morgan fingerprint density at radius 2 is 2.20 bits per heavy atom. The highest BCUT2D eigenvalue weighted by molar-refractivity contribution is 14.0. The van der Waals surface area contributed by atoms with Crippen LogP contribution in [0.5, 0.6) is 5.75 Å². The number of nitrogens with one attached hydrogen (secondary N) is 1. The average molecular weight is 459 g/mol. The highest BCUT2D eigenvalue weighted by atomic mass is 127. The highest BCUT2D eigenvalue weighted by Gasteiger charge is 2.27. The Hall–Kier alpha value is -1.09. The van der Waals surface area contributed by atoms with Crippen molar-refractivity contribution in [3.8, 4) is 5.75 Å². The third-order valence-corrected chi connectivity index (χ3v) is 4.80. The number of aliphatic imine (C=N–C) groups is 1. The predicted molar refractivity (Wildman–Crippen MR) is 112 cm³/mol. The Kier molecular flexibility index (Phi) is 8.74. The Bertz CT molecular complexity index is 521. The van der Waals surface area contributed by atoms with Crippen molar-refractivity contribution in [1.29, 1.82) is 0 Å². The summed E-state index contributed by atoms with van der Waals surface area (Å²) in [6.07, 6.45) is 7.49. The van der Waals surface area contributed by atoms with Gasteiger partial charge in [-0.25, -0.2) is 0 Å². The van der Waals surface area contributed by atoms with Crippen molar-refractivity contribution in [3.63, 3.8) is 0 Å². The van der Waals surface area contributed by atoms with Crippen LogP contribution in [0.4, 0.5) is 0 Å². The summed E-state index contributed by atoms with van der Waals surface area (Å²) in [6, 6.07) is 3.80. The third kappa shape index (κ3) is 6.29. The minimum Gasteiger partial charge on any atom is -0.490 e. The van der Waals surface area contributed by atoms with Crippen LogP contribution in [0.1, 0.15) is 19.3 Å². The van der Waals surface area contributed by atoms with E-state index in [4.69, 9.17) is 4.74 Å². The normalized spacial score (nSPS) is 21.2. The third-order valence-electron chi connectivity index (χ3n) is 4.80. The van der Waals surface area contributed by atoms with Crippen LogP contribution in [-0.4, -0.2) is 73.7 Å². The Labute approximate surface area is 168 Å². The van der Waals surface area contributed by atoms with Gasteiger partial charge in [0.1, 0.15) is 12.4 Å². The average Bonchev–Trinajstić information content (AvgIpc) is 3.29. The fourth-order valence-electron chi connectivity index (χ4n) is 3.60. The SMILES string of the molecule is CN=C(NCCOc1cccnc1)N1CCC(CN2CCCC2)C1.I. The van der Waals surface area contributed by atoms with Gasteiger partial charge in [-0.2, -0.15) is 0 Å². The molecule has 3 rings (SSSR count). The molecule has 1 aromatic heterocycles. The van der Waals surface area contributed by atoms with Gasteiger partial charge in [0.05, 0.1) is 12.7 Å². The van der Waals surface area contributed by atoms with Crippen molar-refractivity contribution in [2.75, 3.05) is 52.9 Å². The standard InChI is InChI=1S/C18H29N5O.HI/c1-19-18(21-8-12-24-17-5-4-7-20-13-17)23-11-6-16(15-23)14-22-9-2-3-10-22;/h4-5,7,13,16H,2-3,6,8-12,14-15H2,1H3,(H,19,21);1H. The van der Waals surface area contributed by atoms with Crippen molar-refractivity contribution in [2.24, 2.45) is 10.9 Å². The summed E-state index contributed by atoms with van der Waals surface area (Å²) >= 11 is 0. The minimum absolute atomic E-state index is 0. The molecule has 0 aromatic carbocycles. The van der Waals surface area contributed by atoms with Crippen molar-refractivity contribution >= 4 is 29.9 Å². The van der Waals surface area contributed by atoms with Gasteiger partial charge >= 0.3 is 0 Å². The van der Waals surface area contributed by atoms with Crippen LogP contribution >= 0.6 is 24.0 Å².